The fourth-order valence-corrected chi connectivity index (χ4v) is 1.88. The molecule has 0 radical (unpaired) electrons. The molecule has 0 amide bonds. The maximum atomic E-state index is 4.53. The van der Waals surface area contributed by atoms with Crippen LogP contribution in [0.4, 0.5) is 0 Å². The van der Waals surface area contributed by atoms with Crippen LogP contribution in [0.2, 0.25) is 0 Å². The number of aromatic nitrogens is 1. The molecule has 2 rings (SSSR count). The number of hydrogen-bond acceptors (Lipinski definition) is 1. The molecule has 16 heavy (non-hydrogen) atoms. The van der Waals surface area contributed by atoms with Crippen molar-refractivity contribution in [3.05, 3.63) is 53.7 Å². The topological polar surface area (TPSA) is 12.9 Å². The molecule has 1 nitrogen and oxygen atoms in total. The minimum atomic E-state index is 1.07. The molecule has 0 unspecified atom stereocenters. The average molecular weight is 211 g/mol. The lowest BCUT2D eigenvalue weighted by Crippen LogP contribution is -1.89. The number of benzene rings is 1. The molecular weight excluding hydrogens is 194 g/mol. The van der Waals surface area contributed by atoms with Crippen LogP contribution in [0.1, 0.15) is 24.5 Å². The van der Waals surface area contributed by atoms with E-state index in [-0.39, 0.29) is 0 Å². The van der Waals surface area contributed by atoms with Gasteiger partial charge in [-0.2, -0.15) is 0 Å². The van der Waals surface area contributed by atoms with Crippen LogP contribution in [-0.4, -0.2) is 4.98 Å². The number of hydrogen-bond donors (Lipinski definition) is 0. The Hall–Kier alpha value is -1.63. The van der Waals surface area contributed by atoms with E-state index in [1.807, 2.05) is 6.20 Å². The second-order valence-corrected chi connectivity index (χ2v) is 4.12. The zero-order valence-electron chi connectivity index (χ0n) is 9.90. The molecule has 0 aliphatic rings. The first kappa shape index (κ1) is 10.9. The molecule has 0 bridgehead atoms. The first-order valence-electron chi connectivity index (χ1n) is 5.82. The SMILES string of the molecule is CCCc1ccc(-c2ccccc2C)nc1. The van der Waals surface area contributed by atoms with Crippen molar-refractivity contribution >= 4 is 0 Å². The lowest BCUT2D eigenvalue weighted by Gasteiger charge is -2.05. The van der Waals surface area contributed by atoms with Crippen molar-refractivity contribution in [2.24, 2.45) is 0 Å². The lowest BCUT2D eigenvalue weighted by atomic mass is 10.0. The lowest BCUT2D eigenvalue weighted by molar-refractivity contribution is 0.914. The highest BCUT2D eigenvalue weighted by Crippen LogP contribution is 2.20. The quantitative estimate of drug-likeness (QED) is 0.747. The summed E-state index contributed by atoms with van der Waals surface area (Å²) in [4.78, 5) is 4.53. The third-order valence-electron chi connectivity index (χ3n) is 2.78. The van der Waals surface area contributed by atoms with E-state index in [0.717, 1.165) is 12.1 Å². The van der Waals surface area contributed by atoms with Gasteiger partial charge in [-0.15, -0.1) is 0 Å². The Balaban J connectivity index is 2.31. The fraction of sp³-hybridized carbons (Fsp3) is 0.267. The van der Waals surface area contributed by atoms with Gasteiger partial charge in [0.1, 0.15) is 0 Å². The summed E-state index contributed by atoms with van der Waals surface area (Å²) in [5.74, 6) is 0. The third kappa shape index (κ3) is 2.30. The average Bonchev–Trinajstić information content (AvgIpc) is 2.31. The first-order valence-corrected chi connectivity index (χ1v) is 5.82. The molecule has 1 heterocycles. The number of aryl methyl sites for hydroxylation is 2. The van der Waals surface area contributed by atoms with Crippen molar-refractivity contribution in [1.82, 2.24) is 4.98 Å². The van der Waals surface area contributed by atoms with Crippen molar-refractivity contribution in [1.29, 1.82) is 0 Å². The van der Waals surface area contributed by atoms with Gasteiger partial charge in [0.2, 0.25) is 0 Å². The van der Waals surface area contributed by atoms with E-state index in [4.69, 9.17) is 0 Å². The van der Waals surface area contributed by atoms with E-state index in [2.05, 4.69) is 55.2 Å². The van der Waals surface area contributed by atoms with Crippen LogP contribution in [0.3, 0.4) is 0 Å². The second kappa shape index (κ2) is 4.93. The molecule has 0 aliphatic carbocycles. The molecule has 1 aromatic heterocycles. The van der Waals surface area contributed by atoms with Crippen molar-refractivity contribution in [2.75, 3.05) is 0 Å². The summed E-state index contributed by atoms with van der Waals surface area (Å²) in [7, 11) is 0. The predicted octanol–water partition coefficient (Wildman–Crippen LogP) is 4.01. The van der Waals surface area contributed by atoms with Gasteiger partial charge in [-0.25, -0.2) is 0 Å². The standard InChI is InChI=1S/C15H17N/c1-3-6-13-9-10-15(16-11-13)14-8-5-4-7-12(14)2/h4-5,7-11H,3,6H2,1-2H3. The molecule has 0 fully saturated rings. The van der Waals surface area contributed by atoms with Crippen LogP contribution < -0.4 is 0 Å². The molecule has 1 heteroatoms. The van der Waals surface area contributed by atoms with Crippen LogP contribution in [0, 0.1) is 6.92 Å². The zero-order valence-corrected chi connectivity index (χ0v) is 9.90. The number of nitrogens with zero attached hydrogens (tertiary/aromatic N) is 1. The van der Waals surface area contributed by atoms with E-state index in [0.29, 0.717) is 0 Å². The molecule has 0 N–H and O–H groups in total. The highest BCUT2D eigenvalue weighted by atomic mass is 14.7. The van der Waals surface area contributed by atoms with Crippen LogP contribution in [0.15, 0.2) is 42.6 Å². The van der Waals surface area contributed by atoms with Gasteiger partial charge in [-0.1, -0.05) is 43.7 Å². The van der Waals surface area contributed by atoms with Gasteiger partial charge in [-0.05, 0) is 30.5 Å². The number of pyridine rings is 1. The van der Waals surface area contributed by atoms with E-state index >= 15 is 0 Å². The van der Waals surface area contributed by atoms with Gasteiger partial charge in [-0.3, -0.25) is 4.98 Å². The monoisotopic (exact) mass is 211 g/mol. The Kier molecular flexibility index (Phi) is 3.35. The molecular formula is C15H17N. The highest BCUT2D eigenvalue weighted by Gasteiger charge is 2.01. The third-order valence-corrected chi connectivity index (χ3v) is 2.78. The summed E-state index contributed by atoms with van der Waals surface area (Å²) in [5.41, 5.74) is 4.89. The summed E-state index contributed by atoms with van der Waals surface area (Å²) in [6, 6.07) is 12.7. The van der Waals surface area contributed by atoms with E-state index < -0.39 is 0 Å². The van der Waals surface area contributed by atoms with Gasteiger partial charge in [0.25, 0.3) is 0 Å². The maximum absolute atomic E-state index is 4.53. The van der Waals surface area contributed by atoms with Gasteiger partial charge in [0, 0.05) is 11.8 Å². The minimum absolute atomic E-state index is 1.07. The normalized spacial score (nSPS) is 10.4. The Morgan fingerprint density at radius 2 is 1.88 bits per heavy atom. The van der Waals surface area contributed by atoms with Crippen LogP contribution in [0.25, 0.3) is 11.3 Å². The van der Waals surface area contributed by atoms with Gasteiger partial charge < -0.3 is 0 Å². The van der Waals surface area contributed by atoms with Crippen LogP contribution in [0.5, 0.6) is 0 Å². The molecule has 0 spiro atoms. The van der Waals surface area contributed by atoms with E-state index in [9.17, 15) is 0 Å². The zero-order chi connectivity index (χ0) is 11.4. The van der Waals surface area contributed by atoms with E-state index in [1.54, 1.807) is 0 Å². The summed E-state index contributed by atoms with van der Waals surface area (Å²) in [5, 5.41) is 0. The summed E-state index contributed by atoms with van der Waals surface area (Å²) in [6.07, 6.45) is 4.28. The van der Waals surface area contributed by atoms with Gasteiger partial charge in [0.05, 0.1) is 5.69 Å². The van der Waals surface area contributed by atoms with Gasteiger partial charge in [0.15, 0.2) is 0 Å². The minimum Gasteiger partial charge on any atom is -0.256 e. The Bertz CT molecular complexity index is 457. The molecule has 1 aromatic carbocycles. The second-order valence-electron chi connectivity index (χ2n) is 4.12. The predicted molar refractivity (Wildman–Crippen MR) is 68.4 cm³/mol. The molecule has 0 aliphatic heterocycles. The molecule has 82 valence electrons. The van der Waals surface area contributed by atoms with Crippen LogP contribution in [-0.2, 0) is 6.42 Å². The summed E-state index contributed by atoms with van der Waals surface area (Å²) < 4.78 is 0. The Morgan fingerprint density at radius 3 is 2.50 bits per heavy atom. The molecule has 0 saturated heterocycles. The largest absolute Gasteiger partial charge is 0.256 e. The molecule has 0 saturated carbocycles. The van der Waals surface area contributed by atoms with E-state index in [1.165, 1.54) is 23.1 Å². The number of rotatable bonds is 3. The smallest absolute Gasteiger partial charge is 0.0704 e. The van der Waals surface area contributed by atoms with Crippen molar-refractivity contribution < 1.29 is 0 Å². The van der Waals surface area contributed by atoms with Crippen molar-refractivity contribution in [3.8, 4) is 11.3 Å². The van der Waals surface area contributed by atoms with Crippen molar-refractivity contribution in [3.63, 3.8) is 0 Å². The Morgan fingerprint density at radius 1 is 1.06 bits per heavy atom. The van der Waals surface area contributed by atoms with Gasteiger partial charge >= 0.3 is 0 Å². The summed E-state index contributed by atoms with van der Waals surface area (Å²) in [6.45, 7) is 4.31. The molecule has 0 atom stereocenters. The van der Waals surface area contributed by atoms with Crippen molar-refractivity contribution in [2.45, 2.75) is 26.7 Å². The highest BCUT2D eigenvalue weighted by molar-refractivity contribution is 5.63. The maximum Gasteiger partial charge on any atom is 0.0704 e. The van der Waals surface area contributed by atoms with Crippen LogP contribution >= 0.6 is 0 Å². The first-order chi connectivity index (χ1) is 7.81. The molecule has 2 aromatic rings. The summed E-state index contributed by atoms with van der Waals surface area (Å²) >= 11 is 0. The fourth-order valence-electron chi connectivity index (χ4n) is 1.88. The Labute approximate surface area is 97.2 Å².